The zero-order valence-electron chi connectivity index (χ0n) is 8.40. The highest BCUT2D eigenvalue weighted by atomic mass is 16.6. The Bertz CT molecular complexity index is 466. The highest BCUT2D eigenvalue weighted by Crippen LogP contribution is 2.42. The van der Waals surface area contributed by atoms with Crippen molar-refractivity contribution in [3.05, 3.63) is 33.9 Å². The summed E-state index contributed by atoms with van der Waals surface area (Å²) in [4.78, 5) is 22.0. The third-order valence-corrected chi connectivity index (χ3v) is 2.68. The van der Waals surface area contributed by atoms with Gasteiger partial charge in [-0.1, -0.05) is 6.07 Å². The number of anilines is 1. The topological polar surface area (TPSA) is 72.2 Å². The number of rotatable bonds is 1. The van der Waals surface area contributed by atoms with E-state index < -0.39 is 10.3 Å². The van der Waals surface area contributed by atoms with Gasteiger partial charge in [0, 0.05) is 6.07 Å². The molecule has 2 rings (SSSR count). The third-order valence-electron chi connectivity index (χ3n) is 2.68. The molecule has 1 aromatic carbocycles. The minimum atomic E-state index is -0.834. The van der Waals surface area contributed by atoms with Gasteiger partial charge >= 0.3 is 0 Å². The minimum Gasteiger partial charge on any atom is -0.325 e. The lowest BCUT2D eigenvalue weighted by Crippen LogP contribution is -2.27. The molecule has 15 heavy (non-hydrogen) atoms. The number of hydrogen-bond donors (Lipinski definition) is 1. The van der Waals surface area contributed by atoms with E-state index in [2.05, 4.69) is 5.32 Å². The van der Waals surface area contributed by atoms with Gasteiger partial charge in [0.2, 0.25) is 5.91 Å². The molecule has 1 heterocycles. The molecule has 0 saturated heterocycles. The van der Waals surface area contributed by atoms with Crippen LogP contribution in [0, 0.1) is 10.1 Å². The summed E-state index contributed by atoms with van der Waals surface area (Å²) >= 11 is 0. The van der Waals surface area contributed by atoms with Gasteiger partial charge in [-0.25, -0.2) is 0 Å². The predicted octanol–water partition coefficient (Wildman–Crippen LogP) is 1.82. The highest BCUT2D eigenvalue weighted by Gasteiger charge is 2.43. The zero-order valence-corrected chi connectivity index (χ0v) is 8.40. The fourth-order valence-electron chi connectivity index (χ4n) is 1.85. The molecule has 1 aromatic rings. The lowest BCUT2D eigenvalue weighted by Gasteiger charge is -2.14. The first kappa shape index (κ1) is 9.64. The van der Waals surface area contributed by atoms with Gasteiger partial charge in [-0.15, -0.1) is 0 Å². The van der Waals surface area contributed by atoms with Crippen LogP contribution < -0.4 is 5.32 Å². The summed E-state index contributed by atoms with van der Waals surface area (Å²) in [6.07, 6.45) is 0. The van der Waals surface area contributed by atoms with Gasteiger partial charge in [0.25, 0.3) is 5.69 Å². The number of hydrogen-bond acceptors (Lipinski definition) is 3. The fourth-order valence-corrected chi connectivity index (χ4v) is 1.85. The number of carbonyl (C=O) groups excluding carboxylic acids is 1. The van der Waals surface area contributed by atoms with Gasteiger partial charge in [-0.2, -0.15) is 0 Å². The Morgan fingerprint density at radius 3 is 2.67 bits per heavy atom. The van der Waals surface area contributed by atoms with E-state index in [1.807, 2.05) is 0 Å². The van der Waals surface area contributed by atoms with Crippen molar-refractivity contribution in [1.82, 2.24) is 0 Å². The van der Waals surface area contributed by atoms with Crippen molar-refractivity contribution in [2.24, 2.45) is 0 Å². The van der Waals surface area contributed by atoms with Crippen LogP contribution in [-0.4, -0.2) is 10.8 Å². The van der Waals surface area contributed by atoms with E-state index in [0.717, 1.165) is 0 Å². The van der Waals surface area contributed by atoms with Gasteiger partial charge in [-0.05, 0) is 19.9 Å². The first-order chi connectivity index (χ1) is 6.94. The van der Waals surface area contributed by atoms with E-state index >= 15 is 0 Å². The molecule has 1 aliphatic rings. The average Bonchev–Trinajstić information content (AvgIpc) is 2.38. The summed E-state index contributed by atoms with van der Waals surface area (Å²) in [7, 11) is 0. The Hall–Kier alpha value is -1.91. The van der Waals surface area contributed by atoms with E-state index in [1.54, 1.807) is 26.0 Å². The lowest BCUT2D eigenvalue weighted by molar-refractivity contribution is -0.385. The molecule has 0 unspecified atom stereocenters. The number of carbonyl (C=O) groups is 1. The number of nitro groups is 1. The van der Waals surface area contributed by atoms with Crippen molar-refractivity contribution >= 4 is 17.3 Å². The van der Waals surface area contributed by atoms with Gasteiger partial charge < -0.3 is 5.32 Å². The third kappa shape index (κ3) is 1.20. The largest absolute Gasteiger partial charge is 0.325 e. The van der Waals surface area contributed by atoms with E-state index in [1.165, 1.54) is 6.07 Å². The van der Waals surface area contributed by atoms with Crippen LogP contribution in [0.5, 0.6) is 0 Å². The molecule has 1 amide bonds. The number of amides is 1. The van der Waals surface area contributed by atoms with Crippen LogP contribution in [0.25, 0.3) is 0 Å². The van der Waals surface area contributed by atoms with Gasteiger partial charge in [0.15, 0.2) is 0 Å². The second kappa shape index (κ2) is 2.79. The highest BCUT2D eigenvalue weighted by molar-refractivity contribution is 6.07. The average molecular weight is 206 g/mol. The molecule has 5 heteroatoms. The molecule has 0 spiro atoms. The summed E-state index contributed by atoms with van der Waals surface area (Å²) in [5.41, 5.74) is 0.175. The Kier molecular flexibility index (Phi) is 1.79. The molecule has 1 aliphatic heterocycles. The first-order valence-electron chi connectivity index (χ1n) is 4.54. The summed E-state index contributed by atoms with van der Waals surface area (Å²) in [5.74, 6) is -0.202. The van der Waals surface area contributed by atoms with E-state index in [-0.39, 0.29) is 11.6 Å². The molecule has 0 atom stereocenters. The molecular formula is C10H10N2O3. The quantitative estimate of drug-likeness (QED) is 0.562. The molecule has 78 valence electrons. The van der Waals surface area contributed by atoms with Crippen LogP contribution >= 0.6 is 0 Å². The molecule has 0 bridgehead atoms. The number of fused-ring (bicyclic) bond motifs is 1. The lowest BCUT2D eigenvalue weighted by atomic mass is 9.85. The molecule has 0 saturated carbocycles. The van der Waals surface area contributed by atoms with E-state index in [0.29, 0.717) is 11.3 Å². The van der Waals surface area contributed by atoms with Crippen LogP contribution in [0.2, 0.25) is 0 Å². The normalized spacial score (nSPS) is 17.1. The van der Waals surface area contributed by atoms with Gasteiger partial charge in [-0.3, -0.25) is 14.9 Å². The predicted molar refractivity (Wildman–Crippen MR) is 54.8 cm³/mol. The molecular weight excluding hydrogens is 196 g/mol. The Balaban J connectivity index is 2.72. The van der Waals surface area contributed by atoms with Crippen molar-refractivity contribution in [3.8, 4) is 0 Å². The van der Waals surface area contributed by atoms with Crippen molar-refractivity contribution in [1.29, 1.82) is 0 Å². The van der Waals surface area contributed by atoms with Crippen molar-refractivity contribution in [2.45, 2.75) is 19.3 Å². The van der Waals surface area contributed by atoms with Crippen LogP contribution in [0.15, 0.2) is 18.2 Å². The number of nitrogens with zero attached hydrogens (tertiary/aromatic N) is 1. The maximum absolute atomic E-state index is 11.6. The van der Waals surface area contributed by atoms with E-state index in [9.17, 15) is 14.9 Å². The Labute approximate surface area is 86.2 Å². The summed E-state index contributed by atoms with van der Waals surface area (Å²) in [5, 5.41) is 13.5. The molecule has 0 aliphatic carbocycles. The maximum Gasteiger partial charge on any atom is 0.275 e. The number of nitrogens with one attached hydrogen (secondary N) is 1. The standard InChI is InChI=1S/C10H10N2O3/c1-10(2)8-6(11-9(10)13)4-3-5-7(8)12(14)15/h3-5H,1-2H3,(H,11,13). The SMILES string of the molecule is CC1(C)C(=O)Nc2cccc([N+](=O)[O-])c21. The summed E-state index contributed by atoms with van der Waals surface area (Å²) < 4.78 is 0. The van der Waals surface area contributed by atoms with Crippen LogP contribution in [0.1, 0.15) is 19.4 Å². The van der Waals surface area contributed by atoms with Crippen LogP contribution in [-0.2, 0) is 10.2 Å². The first-order valence-corrected chi connectivity index (χ1v) is 4.54. The molecule has 0 radical (unpaired) electrons. The van der Waals surface area contributed by atoms with Crippen molar-refractivity contribution in [3.63, 3.8) is 0 Å². The van der Waals surface area contributed by atoms with Gasteiger partial charge in [0.1, 0.15) is 0 Å². The molecule has 1 N–H and O–H groups in total. The van der Waals surface area contributed by atoms with Crippen LogP contribution in [0.3, 0.4) is 0 Å². The molecule has 5 nitrogen and oxygen atoms in total. The monoisotopic (exact) mass is 206 g/mol. The minimum absolute atomic E-state index is 0.00384. The Morgan fingerprint density at radius 2 is 2.07 bits per heavy atom. The number of nitro benzene ring substituents is 1. The Morgan fingerprint density at radius 1 is 1.40 bits per heavy atom. The van der Waals surface area contributed by atoms with Gasteiger partial charge in [0.05, 0.1) is 21.6 Å². The van der Waals surface area contributed by atoms with Crippen LogP contribution in [0.4, 0.5) is 11.4 Å². The molecule has 0 fully saturated rings. The number of benzene rings is 1. The smallest absolute Gasteiger partial charge is 0.275 e. The molecule has 0 aromatic heterocycles. The van der Waals surface area contributed by atoms with Crippen molar-refractivity contribution in [2.75, 3.05) is 5.32 Å². The maximum atomic E-state index is 11.6. The van der Waals surface area contributed by atoms with Crippen molar-refractivity contribution < 1.29 is 9.72 Å². The second-order valence-corrected chi connectivity index (χ2v) is 4.04. The fraction of sp³-hybridized carbons (Fsp3) is 0.300. The summed E-state index contributed by atoms with van der Waals surface area (Å²) in [6.45, 7) is 3.36. The second-order valence-electron chi connectivity index (χ2n) is 4.04. The summed E-state index contributed by atoms with van der Waals surface area (Å²) in [6, 6.07) is 4.66. The van der Waals surface area contributed by atoms with E-state index in [4.69, 9.17) is 0 Å². The zero-order chi connectivity index (χ0) is 11.2.